The number of rotatable bonds is 38. The van der Waals surface area contributed by atoms with E-state index in [1.54, 1.807) is 0 Å². The number of amides is 1. The summed E-state index contributed by atoms with van der Waals surface area (Å²) in [5.74, 6) is -0.528. The number of unbranched alkanes of at least 4 members (excludes halogenated alkanes) is 18. The molecule has 0 aliphatic rings. The van der Waals surface area contributed by atoms with Crippen LogP contribution < -0.4 is 5.32 Å². The molecular formula is C46H83NO5. The fourth-order valence-corrected chi connectivity index (χ4v) is 6.32. The molecule has 0 spiro atoms. The van der Waals surface area contributed by atoms with Gasteiger partial charge in [0.05, 0.1) is 25.2 Å². The van der Waals surface area contributed by atoms with Crippen LogP contribution in [0.2, 0.25) is 0 Å². The first-order chi connectivity index (χ1) is 25.5. The van der Waals surface area contributed by atoms with E-state index in [2.05, 4.69) is 74.7 Å². The van der Waals surface area contributed by atoms with E-state index >= 15 is 0 Å². The topological polar surface area (TPSA) is 95.9 Å². The van der Waals surface area contributed by atoms with E-state index < -0.39 is 18.2 Å². The van der Waals surface area contributed by atoms with Crippen molar-refractivity contribution in [2.75, 3.05) is 6.61 Å². The maximum atomic E-state index is 13.1. The van der Waals surface area contributed by atoms with E-state index in [9.17, 15) is 19.8 Å². The Labute approximate surface area is 321 Å². The maximum Gasteiger partial charge on any atom is 0.306 e. The number of hydrogen-bond acceptors (Lipinski definition) is 5. The highest BCUT2D eigenvalue weighted by molar-refractivity contribution is 5.77. The van der Waals surface area contributed by atoms with Crippen molar-refractivity contribution < 1.29 is 24.5 Å². The van der Waals surface area contributed by atoms with Gasteiger partial charge in [0.15, 0.2) is 0 Å². The number of esters is 1. The van der Waals surface area contributed by atoms with Gasteiger partial charge in [-0.2, -0.15) is 0 Å². The second-order valence-corrected chi connectivity index (χ2v) is 14.7. The summed E-state index contributed by atoms with van der Waals surface area (Å²) in [6.07, 6.45) is 46.0. The predicted molar refractivity (Wildman–Crippen MR) is 222 cm³/mol. The van der Waals surface area contributed by atoms with Crippen molar-refractivity contribution in [2.45, 2.75) is 225 Å². The molecule has 0 bridgehead atoms. The Morgan fingerprint density at radius 3 is 1.65 bits per heavy atom. The van der Waals surface area contributed by atoms with Gasteiger partial charge in [-0.1, -0.05) is 159 Å². The number of carbonyl (C=O) groups excluding carboxylic acids is 2. The second kappa shape index (κ2) is 40.0. The molecule has 3 N–H and O–H groups in total. The lowest BCUT2D eigenvalue weighted by molar-refractivity contribution is -0.151. The molecular weight excluding hydrogens is 647 g/mol. The highest BCUT2D eigenvalue weighted by Gasteiger charge is 2.24. The number of ether oxygens (including phenoxy) is 1. The average Bonchev–Trinajstić information content (AvgIpc) is 3.13. The standard InChI is InChI=1S/C46H83NO5/c1-4-7-10-13-16-19-21-23-26-28-31-34-37-42(52-46(51)39-36-33-30-27-24-22-20-17-14-11-8-5-2)40-45(50)47-43(41-48)44(49)38-35-32-29-25-18-15-12-9-6-3/h7,10,16-17,19-20,23,26,42-44,48-49H,4-6,8-9,11-15,18,21-22,24-25,27-41H2,1-3H3,(H,47,50)/b10-7+,19-16+,20-17-,26-23+. The number of hydrogen-bond donors (Lipinski definition) is 3. The minimum atomic E-state index is -0.796. The number of carbonyl (C=O) groups is 2. The van der Waals surface area contributed by atoms with Crippen molar-refractivity contribution in [1.82, 2.24) is 5.32 Å². The molecule has 3 unspecified atom stereocenters. The molecule has 302 valence electrons. The molecule has 3 atom stereocenters. The van der Waals surface area contributed by atoms with Gasteiger partial charge in [-0.25, -0.2) is 0 Å². The number of aliphatic hydroxyl groups excluding tert-OH is 2. The van der Waals surface area contributed by atoms with E-state index in [4.69, 9.17) is 4.74 Å². The Balaban J connectivity index is 4.69. The monoisotopic (exact) mass is 730 g/mol. The highest BCUT2D eigenvalue weighted by Crippen LogP contribution is 2.16. The van der Waals surface area contributed by atoms with Gasteiger partial charge in [-0.15, -0.1) is 0 Å². The van der Waals surface area contributed by atoms with E-state index in [1.165, 1.54) is 77.0 Å². The fourth-order valence-electron chi connectivity index (χ4n) is 6.32. The third-order valence-corrected chi connectivity index (χ3v) is 9.64. The number of allylic oxidation sites excluding steroid dienone is 8. The van der Waals surface area contributed by atoms with E-state index in [1.807, 2.05) is 0 Å². The zero-order valence-electron chi connectivity index (χ0n) is 34.2. The largest absolute Gasteiger partial charge is 0.462 e. The predicted octanol–water partition coefficient (Wildman–Crippen LogP) is 12.3. The molecule has 0 aromatic rings. The van der Waals surface area contributed by atoms with Gasteiger partial charge >= 0.3 is 5.97 Å². The van der Waals surface area contributed by atoms with Crippen molar-refractivity contribution in [3.8, 4) is 0 Å². The van der Waals surface area contributed by atoms with E-state index in [-0.39, 0.29) is 24.9 Å². The van der Waals surface area contributed by atoms with Crippen molar-refractivity contribution >= 4 is 11.9 Å². The number of nitrogens with one attached hydrogen (secondary N) is 1. The first-order valence-corrected chi connectivity index (χ1v) is 21.9. The molecule has 0 aromatic carbocycles. The first-order valence-electron chi connectivity index (χ1n) is 21.9. The van der Waals surface area contributed by atoms with Crippen LogP contribution in [0.25, 0.3) is 0 Å². The summed E-state index contributed by atoms with van der Waals surface area (Å²) in [6, 6.07) is -0.712. The van der Waals surface area contributed by atoms with Crippen molar-refractivity contribution in [2.24, 2.45) is 0 Å². The molecule has 0 saturated heterocycles. The van der Waals surface area contributed by atoms with Crippen LogP contribution in [0.15, 0.2) is 48.6 Å². The SMILES string of the molecule is CC/C=C/C/C=C/C/C=C/CCCCC(CC(=O)NC(CO)C(O)CCCCCCCCCCC)OC(=O)CCCCCCC/C=C\CCCCC. The fraction of sp³-hybridized carbons (Fsp3) is 0.783. The van der Waals surface area contributed by atoms with Crippen LogP contribution in [0.4, 0.5) is 0 Å². The van der Waals surface area contributed by atoms with Crippen LogP contribution in [-0.4, -0.2) is 46.9 Å². The van der Waals surface area contributed by atoms with Gasteiger partial charge in [0.1, 0.15) is 6.10 Å². The molecule has 0 rings (SSSR count). The van der Waals surface area contributed by atoms with Crippen LogP contribution in [-0.2, 0) is 14.3 Å². The van der Waals surface area contributed by atoms with Crippen LogP contribution >= 0.6 is 0 Å². The van der Waals surface area contributed by atoms with Crippen molar-refractivity contribution in [3.05, 3.63) is 48.6 Å². The molecule has 0 heterocycles. The zero-order chi connectivity index (χ0) is 38.2. The second-order valence-electron chi connectivity index (χ2n) is 14.7. The third-order valence-electron chi connectivity index (χ3n) is 9.64. The lowest BCUT2D eigenvalue weighted by Gasteiger charge is -2.24. The van der Waals surface area contributed by atoms with Gasteiger partial charge in [0.25, 0.3) is 0 Å². The normalized spacial score (nSPS) is 13.9. The molecule has 0 fully saturated rings. The summed E-state index contributed by atoms with van der Waals surface area (Å²) < 4.78 is 5.86. The van der Waals surface area contributed by atoms with Crippen LogP contribution in [0.1, 0.15) is 207 Å². The summed E-state index contributed by atoms with van der Waals surface area (Å²) in [6.45, 7) is 6.29. The molecule has 6 heteroatoms. The molecule has 0 radical (unpaired) electrons. The Morgan fingerprint density at radius 2 is 1.04 bits per heavy atom. The van der Waals surface area contributed by atoms with Gasteiger partial charge in [-0.05, 0) is 83.5 Å². The Bertz CT molecular complexity index is 910. The third kappa shape index (κ3) is 34.9. The smallest absolute Gasteiger partial charge is 0.306 e. The minimum absolute atomic E-state index is 0.0477. The summed E-state index contributed by atoms with van der Waals surface area (Å²) in [5, 5.41) is 23.5. The lowest BCUT2D eigenvalue weighted by Crippen LogP contribution is -2.46. The molecule has 0 saturated carbocycles. The molecule has 0 aromatic heterocycles. The lowest BCUT2D eigenvalue weighted by atomic mass is 10.0. The van der Waals surface area contributed by atoms with E-state index in [0.717, 1.165) is 83.5 Å². The van der Waals surface area contributed by atoms with Crippen LogP contribution in [0.3, 0.4) is 0 Å². The Kier molecular flexibility index (Phi) is 38.3. The molecule has 0 aliphatic heterocycles. The maximum absolute atomic E-state index is 13.1. The highest BCUT2D eigenvalue weighted by atomic mass is 16.5. The first kappa shape index (κ1) is 49.8. The molecule has 52 heavy (non-hydrogen) atoms. The number of aliphatic hydroxyl groups is 2. The molecule has 0 aliphatic carbocycles. The van der Waals surface area contributed by atoms with E-state index in [0.29, 0.717) is 19.3 Å². The Morgan fingerprint density at radius 1 is 0.577 bits per heavy atom. The van der Waals surface area contributed by atoms with Crippen molar-refractivity contribution in [1.29, 1.82) is 0 Å². The average molecular weight is 730 g/mol. The Hall–Kier alpha value is -2.18. The van der Waals surface area contributed by atoms with Gasteiger partial charge < -0.3 is 20.3 Å². The molecule has 6 nitrogen and oxygen atoms in total. The molecule has 1 amide bonds. The summed E-state index contributed by atoms with van der Waals surface area (Å²) in [4.78, 5) is 25.9. The summed E-state index contributed by atoms with van der Waals surface area (Å²) in [7, 11) is 0. The quantitative estimate of drug-likeness (QED) is 0.0334. The minimum Gasteiger partial charge on any atom is -0.462 e. The van der Waals surface area contributed by atoms with Crippen LogP contribution in [0, 0.1) is 0 Å². The van der Waals surface area contributed by atoms with Gasteiger partial charge in [0.2, 0.25) is 5.91 Å². The summed E-state index contributed by atoms with van der Waals surface area (Å²) in [5.41, 5.74) is 0. The van der Waals surface area contributed by atoms with Gasteiger partial charge in [0, 0.05) is 6.42 Å². The van der Waals surface area contributed by atoms with Gasteiger partial charge in [-0.3, -0.25) is 9.59 Å². The summed E-state index contributed by atoms with van der Waals surface area (Å²) >= 11 is 0. The van der Waals surface area contributed by atoms with Crippen molar-refractivity contribution in [3.63, 3.8) is 0 Å². The zero-order valence-corrected chi connectivity index (χ0v) is 34.2. The van der Waals surface area contributed by atoms with Crippen LogP contribution in [0.5, 0.6) is 0 Å².